The second kappa shape index (κ2) is 5.14. The van der Waals surface area contributed by atoms with Crippen molar-refractivity contribution in [1.82, 2.24) is 5.32 Å². The van der Waals surface area contributed by atoms with Gasteiger partial charge in [-0.2, -0.15) is 0 Å². The lowest BCUT2D eigenvalue weighted by atomic mass is 9.82. The van der Waals surface area contributed by atoms with Crippen LogP contribution in [-0.4, -0.2) is 24.6 Å². The molecule has 0 aliphatic heterocycles. The lowest BCUT2D eigenvalue weighted by Crippen LogP contribution is -2.38. The summed E-state index contributed by atoms with van der Waals surface area (Å²) in [6.07, 6.45) is 2.05. The molecule has 1 saturated carbocycles. The minimum atomic E-state index is -0.404. The maximum absolute atomic E-state index is 10.8. The standard InChI is InChI=1S/C12H16N2O3/c1-13-8-9-6-10(7-9)17-12-5-3-2-4-11(12)14(15)16/h2-5,9-10,13H,6-8H2,1H3. The van der Waals surface area contributed by atoms with Gasteiger partial charge in [-0.25, -0.2) is 0 Å². The topological polar surface area (TPSA) is 64.4 Å². The van der Waals surface area contributed by atoms with Crippen LogP contribution >= 0.6 is 0 Å². The fraction of sp³-hybridized carbons (Fsp3) is 0.500. The molecule has 0 saturated heterocycles. The van der Waals surface area contributed by atoms with Gasteiger partial charge >= 0.3 is 5.69 Å². The first-order valence-electron chi connectivity index (χ1n) is 5.75. The Hall–Kier alpha value is -1.62. The van der Waals surface area contributed by atoms with E-state index in [0.717, 1.165) is 19.4 Å². The molecule has 0 bridgehead atoms. The van der Waals surface area contributed by atoms with Gasteiger partial charge in [0.05, 0.1) is 11.0 Å². The number of nitrogens with zero attached hydrogens (tertiary/aromatic N) is 1. The largest absolute Gasteiger partial charge is 0.483 e. The van der Waals surface area contributed by atoms with E-state index in [4.69, 9.17) is 4.74 Å². The zero-order valence-corrected chi connectivity index (χ0v) is 9.76. The minimum Gasteiger partial charge on any atom is -0.483 e. The highest BCUT2D eigenvalue weighted by atomic mass is 16.6. The fourth-order valence-corrected chi connectivity index (χ4v) is 2.11. The van der Waals surface area contributed by atoms with Crippen molar-refractivity contribution in [3.63, 3.8) is 0 Å². The molecule has 1 aliphatic carbocycles. The van der Waals surface area contributed by atoms with Gasteiger partial charge in [0.2, 0.25) is 0 Å². The molecule has 17 heavy (non-hydrogen) atoms. The third-order valence-corrected chi connectivity index (χ3v) is 3.04. The average molecular weight is 236 g/mol. The first kappa shape index (κ1) is 11.9. The lowest BCUT2D eigenvalue weighted by Gasteiger charge is -2.35. The zero-order valence-electron chi connectivity index (χ0n) is 9.76. The second-order valence-corrected chi connectivity index (χ2v) is 4.36. The van der Waals surface area contributed by atoms with Crippen LogP contribution in [0.3, 0.4) is 0 Å². The molecular weight excluding hydrogens is 220 g/mol. The number of nitro benzene ring substituents is 1. The molecule has 5 nitrogen and oxygen atoms in total. The van der Waals surface area contributed by atoms with E-state index in [1.54, 1.807) is 18.2 Å². The van der Waals surface area contributed by atoms with Crippen molar-refractivity contribution >= 4 is 5.69 Å². The molecule has 92 valence electrons. The van der Waals surface area contributed by atoms with Gasteiger partial charge in [-0.1, -0.05) is 12.1 Å². The Morgan fingerprint density at radius 1 is 1.47 bits per heavy atom. The summed E-state index contributed by atoms with van der Waals surface area (Å²) in [5.74, 6) is 1.01. The van der Waals surface area contributed by atoms with E-state index in [1.165, 1.54) is 6.07 Å². The quantitative estimate of drug-likeness (QED) is 0.627. The summed E-state index contributed by atoms with van der Waals surface area (Å²) in [6.45, 7) is 0.983. The number of benzene rings is 1. The number of ether oxygens (including phenoxy) is 1. The molecule has 1 N–H and O–H groups in total. The van der Waals surface area contributed by atoms with Crippen molar-refractivity contribution in [2.24, 2.45) is 5.92 Å². The Bertz CT molecular complexity index is 402. The predicted molar refractivity (Wildman–Crippen MR) is 64.2 cm³/mol. The van der Waals surface area contributed by atoms with Crippen LogP contribution in [0, 0.1) is 16.0 Å². The van der Waals surface area contributed by atoms with Crippen LogP contribution in [0.5, 0.6) is 5.75 Å². The van der Waals surface area contributed by atoms with Gasteiger partial charge in [0.1, 0.15) is 0 Å². The van der Waals surface area contributed by atoms with Crippen molar-refractivity contribution in [2.75, 3.05) is 13.6 Å². The highest BCUT2D eigenvalue weighted by Crippen LogP contribution is 2.34. The van der Waals surface area contributed by atoms with E-state index in [0.29, 0.717) is 11.7 Å². The molecule has 1 fully saturated rings. The van der Waals surface area contributed by atoms with Gasteiger partial charge in [-0.15, -0.1) is 0 Å². The summed E-state index contributed by atoms with van der Waals surface area (Å²) in [6, 6.07) is 6.53. The summed E-state index contributed by atoms with van der Waals surface area (Å²) in [5.41, 5.74) is 0.0459. The third-order valence-electron chi connectivity index (χ3n) is 3.04. The number of nitro groups is 1. The van der Waals surface area contributed by atoms with Crippen molar-refractivity contribution in [3.8, 4) is 5.75 Å². The first-order valence-corrected chi connectivity index (χ1v) is 5.75. The number of para-hydroxylation sites is 2. The smallest absolute Gasteiger partial charge is 0.310 e. The molecule has 0 radical (unpaired) electrons. The van der Waals surface area contributed by atoms with E-state index in [2.05, 4.69) is 5.32 Å². The molecule has 5 heteroatoms. The molecule has 1 aromatic rings. The first-order chi connectivity index (χ1) is 8.20. The Morgan fingerprint density at radius 2 is 2.18 bits per heavy atom. The van der Waals surface area contributed by atoms with Crippen LogP contribution in [0.2, 0.25) is 0 Å². The molecule has 2 rings (SSSR count). The SMILES string of the molecule is CNCC1CC(Oc2ccccc2[N+](=O)[O-])C1. The van der Waals surface area contributed by atoms with E-state index in [1.807, 2.05) is 7.05 Å². The van der Waals surface area contributed by atoms with E-state index >= 15 is 0 Å². The van der Waals surface area contributed by atoms with Crippen LogP contribution in [-0.2, 0) is 0 Å². The summed E-state index contributed by atoms with van der Waals surface area (Å²) in [4.78, 5) is 10.4. The average Bonchev–Trinajstić information content (AvgIpc) is 2.26. The zero-order chi connectivity index (χ0) is 12.3. The van der Waals surface area contributed by atoms with E-state index in [9.17, 15) is 10.1 Å². The molecule has 0 amide bonds. The monoisotopic (exact) mass is 236 g/mol. The highest BCUT2D eigenvalue weighted by molar-refractivity contribution is 5.45. The lowest BCUT2D eigenvalue weighted by molar-refractivity contribution is -0.386. The van der Waals surface area contributed by atoms with Crippen LogP contribution in [0.15, 0.2) is 24.3 Å². The molecule has 0 aromatic heterocycles. The Labute approximate surface area is 99.9 Å². The Balaban J connectivity index is 1.94. The number of hydrogen-bond donors (Lipinski definition) is 1. The molecule has 1 aromatic carbocycles. The Morgan fingerprint density at radius 3 is 2.82 bits per heavy atom. The second-order valence-electron chi connectivity index (χ2n) is 4.36. The maximum Gasteiger partial charge on any atom is 0.310 e. The van der Waals surface area contributed by atoms with Gasteiger partial charge < -0.3 is 10.1 Å². The number of hydrogen-bond acceptors (Lipinski definition) is 4. The van der Waals surface area contributed by atoms with Crippen LogP contribution in [0.4, 0.5) is 5.69 Å². The van der Waals surface area contributed by atoms with Gasteiger partial charge in [-0.3, -0.25) is 10.1 Å². The van der Waals surface area contributed by atoms with Gasteiger partial charge in [0.25, 0.3) is 0 Å². The van der Waals surface area contributed by atoms with Crippen molar-refractivity contribution in [2.45, 2.75) is 18.9 Å². The van der Waals surface area contributed by atoms with E-state index in [-0.39, 0.29) is 11.8 Å². The number of nitrogens with one attached hydrogen (secondary N) is 1. The summed E-state index contributed by atoms with van der Waals surface area (Å²) >= 11 is 0. The molecule has 0 unspecified atom stereocenters. The molecule has 1 aliphatic rings. The minimum absolute atomic E-state index is 0.0459. The summed E-state index contributed by atoms with van der Waals surface area (Å²) in [7, 11) is 1.93. The summed E-state index contributed by atoms with van der Waals surface area (Å²) in [5, 5.41) is 13.9. The maximum atomic E-state index is 10.8. The predicted octanol–water partition coefficient (Wildman–Crippen LogP) is 1.97. The highest BCUT2D eigenvalue weighted by Gasteiger charge is 2.31. The normalized spacial score (nSPS) is 22.9. The van der Waals surface area contributed by atoms with Crippen molar-refractivity contribution < 1.29 is 9.66 Å². The Kier molecular flexibility index (Phi) is 3.58. The van der Waals surface area contributed by atoms with E-state index < -0.39 is 4.92 Å². The van der Waals surface area contributed by atoms with Crippen LogP contribution < -0.4 is 10.1 Å². The third kappa shape index (κ3) is 2.74. The van der Waals surface area contributed by atoms with Gasteiger partial charge in [-0.05, 0) is 38.4 Å². The molecule has 0 spiro atoms. The summed E-state index contributed by atoms with van der Waals surface area (Å²) < 4.78 is 5.65. The fourth-order valence-electron chi connectivity index (χ4n) is 2.11. The molecular formula is C12H16N2O3. The van der Waals surface area contributed by atoms with Gasteiger partial charge in [0.15, 0.2) is 5.75 Å². The van der Waals surface area contributed by atoms with Crippen molar-refractivity contribution in [3.05, 3.63) is 34.4 Å². The molecule has 0 atom stereocenters. The molecule has 0 heterocycles. The number of rotatable bonds is 5. The van der Waals surface area contributed by atoms with Crippen LogP contribution in [0.25, 0.3) is 0 Å². The van der Waals surface area contributed by atoms with Crippen LogP contribution in [0.1, 0.15) is 12.8 Å². The van der Waals surface area contributed by atoms with Crippen molar-refractivity contribution in [1.29, 1.82) is 0 Å². The van der Waals surface area contributed by atoms with Gasteiger partial charge in [0, 0.05) is 6.07 Å².